The Balaban J connectivity index is 2.69. The first-order valence-corrected chi connectivity index (χ1v) is 5.79. The summed E-state index contributed by atoms with van der Waals surface area (Å²) in [6.07, 6.45) is 0. The first-order valence-electron chi connectivity index (χ1n) is 3.02. The van der Waals surface area contributed by atoms with Gasteiger partial charge in [-0.05, 0) is 0 Å². The molecule has 1 nitrogen and oxygen atoms in total. The van der Waals surface area contributed by atoms with Crippen LogP contribution in [0.3, 0.4) is 0 Å². The summed E-state index contributed by atoms with van der Waals surface area (Å²) in [7, 11) is 1.39. The summed E-state index contributed by atoms with van der Waals surface area (Å²) in [6.45, 7) is 0. The van der Waals surface area contributed by atoms with Crippen molar-refractivity contribution in [2.45, 2.75) is 4.34 Å². The van der Waals surface area contributed by atoms with Crippen molar-refractivity contribution in [1.82, 2.24) is 4.98 Å². The van der Waals surface area contributed by atoms with Crippen LogP contribution in [0.2, 0.25) is 0 Å². The van der Waals surface area contributed by atoms with Gasteiger partial charge in [0.05, 0.1) is 0 Å². The molecule has 0 amide bonds. The fraction of sp³-hybridized carbons (Fsp3) is 0. The zero-order chi connectivity index (χ0) is 7.68. The maximum atomic E-state index is 4.33. The van der Waals surface area contributed by atoms with Gasteiger partial charge in [-0.3, -0.25) is 0 Å². The van der Waals surface area contributed by atoms with Crippen LogP contribution in [0.4, 0.5) is 0 Å². The van der Waals surface area contributed by atoms with Crippen molar-refractivity contribution in [3.05, 3.63) is 24.3 Å². The minimum atomic E-state index is 1.01. The summed E-state index contributed by atoms with van der Waals surface area (Å²) in [5, 5.41) is 0. The molecule has 0 atom stereocenters. The first kappa shape index (κ1) is 7.61. The standard InChI is InChI=1S/C7H5NS2.Co/c9-7-8-5-3-1-2-4-6(5)10-7;/h1-4H,(H,8,9);/q;+1/p-1. The Morgan fingerprint density at radius 1 is 1.36 bits per heavy atom. The fourth-order valence-electron chi connectivity index (χ4n) is 0.880. The molecule has 0 radical (unpaired) electrons. The van der Waals surface area contributed by atoms with Crippen molar-refractivity contribution < 1.29 is 14.6 Å². The van der Waals surface area contributed by atoms with E-state index in [4.69, 9.17) is 0 Å². The molecule has 0 unspecified atom stereocenters. The van der Waals surface area contributed by atoms with Crippen LogP contribution in [0.25, 0.3) is 10.2 Å². The van der Waals surface area contributed by atoms with Crippen LogP contribution in [-0.4, -0.2) is 4.98 Å². The molecule has 0 saturated heterocycles. The molecule has 1 aromatic carbocycles. The van der Waals surface area contributed by atoms with Crippen LogP contribution >= 0.6 is 21.6 Å². The van der Waals surface area contributed by atoms with Gasteiger partial charge >= 0.3 is 80.0 Å². The van der Waals surface area contributed by atoms with Gasteiger partial charge in [-0.25, -0.2) is 0 Å². The average Bonchev–Trinajstić information content (AvgIpc) is 2.46. The van der Waals surface area contributed by atoms with E-state index in [9.17, 15) is 0 Å². The number of hydrogen-bond donors (Lipinski definition) is 0. The number of hydrogen-bond acceptors (Lipinski definition) is 3. The van der Waals surface area contributed by atoms with Crippen LogP contribution in [0.1, 0.15) is 0 Å². The van der Waals surface area contributed by atoms with Crippen LogP contribution in [-0.2, 0) is 14.6 Å². The molecule has 0 aliphatic rings. The number of thiazole rings is 1. The second kappa shape index (κ2) is 3.14. The Bertz CT molecular complexity index is 338. The number of benzene rings is 1. The van der Waals surface area contributed by atoms with Gasteiger partial charge in [0, 0.05) is 0 Å². The molecule has 4 heteroatoms. The normalized spacial score (nSPS) is 10.7. The Kier molecular flexibility index (Phi) is 2.17. The molecule has 1 aromatic heterocycles. The monoisotopic (exact) mass is 225 g/mol. The van der Waals surface area contributed by atoms with Gasteiger partial charge in [-0.2, -0.15) is 0 Å². The quantitative estimate of drug-likeness (QED) is 0.740. The van der Waals surface area contributed by atoms with Crippen molar-refractivity contribution in [3.8, 4) is 0 Å². The average molecular weight is 225 g/mol. The summed E-state index contributed by atoms with van der Waals surface area (Å²) in [5.41, 5.74) is 1.06. The fourth-order valence-corrected chi connectivity index (χ4v) is 2.62. The molecule has 0 aliphatic heterocycles. The number of aromatic nitrogens is 1. The van der Waals surface area contributed by atoms with Gasteiger partial charge in [0.2, 0.25) is 0 Å². The number of fused-ring (bicyclic) bond motifs is 1. The third kappa shape index (κ3) is 1.44. The van der Waals surface area contributed by atoms with Gasteiger partial charge in [0.1, 0.15) is 0 Å². The third-order valence-electron chi connectivity index (χ3n) is 1.33. The maximum absolute atomic E-state index is 4.33. The Labute approximate surface area is 79.9 Å². The van der Waals surface area contributed by atoms with E-state index in [0.717, 1.165) is 9.86 Å². The van der Waals surface area contributed by atoms with Crippen molar-refractivity contribution in [3.63, 3.8) is 0 Å². The first-order chi connectivity index (χ1) is 5.40. The second-order valence-electron chi connectivity index (χ2n) is 2.02. The molecule has 0 saturated carbocycles. The number of nitrogens with zero attached hydrogens (tertiary/aromatic N) is 1. The van der Waals surface area contributed by atoms with E-state index in [1.165, 1.54) is 14.9 Å². The zero-order valence-corrected chi connectivity index (χ0v) is 8.08. The van der Waals surface area contributed by atoms with Gasteiger partial charge in [-0.15, -0.1) is 0 Å². The topological polar surface area (TPSA) is 12.9 Å². The SMILES string of the molecule is [Co][S]c1nc2ccccc2s1. The molecule has 11 heavy (non-hydrogen) atoms. The summed E-state index contributed by atoms with van der Waals surface area (Å²) >= 11 is 5.80. The number of para-hydroxylation sites is 1. The predicted molar refractivity (Wildman–Crippen MR) is 45.5 cm³/mol. The van der Waals surface area contributed by atoms with E-state index in [1.54, 1.807) is 11.3 Å². The molecule has 0 aliphatic carbocycles. The molecule has 0 bridgehead atoms. The Morgan fingerprint density at radius 2 is 2.18 bits per heavy atom. The zero-order valence-electron chi connectivity index (χ0n) is 5.41. The van der Waals surface area contributed by atoms with Gasteiger partial charge < -0.3 is 0 Å². The van der Waals surface area contributed by atoms with Crippen molar-refractivity contribution in [2.24, 2.45) is 0 Å². The minimum absolute atomic E-state index is 1.01. The van der Waals surface area contributed by atoms with Gasteiger partial charge in [0.15, 0.2) is 0 Å². The predicted octanol–water partition coefficient (Wildman–Crippen LogP) is 2.85. The summed E-state index contributed by atoms with van der Waals surface area (Å²) in [4.78, 5) is 4.33. The van der Waals surface area contributed by atoms with E-state index in [0.29, 0.717) is 0 Å². The molecule has 58 valence electrons. The summed E-state index contributed by atoms with van der Waals surface area (Å²) in [6, 6.07) is 8.10. The molecule has 0 spiro atoms. The molecular formula is C7H4CoNS2. The van der Waals surface area contributed by atoms with E-state index in [2.05, 4.69) is 25.7 Å². The summed E-state index contributed by atoms with van der Waals surface area (Å²) in [5.74, 6) is 0. The molecule has 0 N–H and O–H groups in total. The van der Waals surface area contributed by atoms with Crippen molar-refractivity contribution in [1.29, 1.82) is 0 Å². The second-order valence-corrected chi connectivity index (χ2v) is 4.46. The van der Waals surface area contributed by atoms with Crippen molar-refractivity contribution in [2.75, 3.05) is 0 Å². The van der Waals surface area contributed by atoms with Crippen LogP contribution in [0.15, 0.2) is 28.6 Å². The van der Waals surface area contributed by atoms with Gasteiger partial charge in [-0.1, -0.05) is 0 Å². The summed E-state index contributed by atoms with van der Waals surface area (Å²) < 4.78 is 2.23. The Hall–Kier alpha value is -0.0335. The molecule has 1 heterocycles. The van der Waals surface area contributed by atoms with Crippen molar-refractivity contribution >= 4 is 31.8 Å². The van der Waals surface area contributed by atoms with E-state index >= 15 is 0 Å². The molecule has 2 aromatic rings. The van der Waals surface area contributed by atoms with E-state index < -0.39 is 0 Å². The number of rotatable bonds is 1. The molecular weight excluding hydrogens is 221 g/mol. The van der Waals surface area contributed by atoms with Crippen LogP contribution in [0.5, 0.6) is 0 Å². The van der Waals surface area contributed by atoms with E-state index in [-0.39, 0.29) is 0 Å². The van der Waals surface area contributed by atoms with Crippen LogP contribution in [0, 0.1) is 0 Å². The Morgan fingerprint density at radius 3 is 2.91 bits per heavy atom. The molecule has 2 rings (SSSR count). The molecule has 0 fully saturated rings. The van der Waals surface area contributed by atoms with E-state index in [1.807, 2.05) is 18.2 Å². The third-order valence-corrected chi connectivity index (χ3v) is 3.85. The van der Waals surface area contributed by atoms with Gasteiger partial charge in [0.25, 0.3) is 0 Å². The van der Waals surface area contributed by atoms with Crippen LogP contribution < -0.4 is 0 Å².